The fourth-order valence-electron chi connectivity index (χ4n) is 6.05. The van der Waals surface area contributed by atoms with Gasteiger partial charge in [0, 0.05) is 12.2 Å². The van der Waals surface area contributed by atoms with Gasteiger partial charge in [-0.3, -0.25) is 0 Å². The molecule has 1 spiro atoms. The summed E-state index contributed by atoms with van der Waals surface area (Å²) in [5.74, 6) is 1.63. The number of aliphatic hydroxyl groups is 1. The topological polar surface area (TPSA) is 83.5 Å². The number of benzene rings is 1. The molecule has 0 amide bonds. The normalized spacial score (nSPS) is 32.2. The first-order valence-corrected chi connectivity index (χ1v) is 11.9. The molecule has 3 aliphatic rings. The lowest BCUT2D eigenvalue weighted by molar-refractivity contribution is -0.164. The molecule has 182 valence electrons. The number of fused-ring (bicyclic) bond motifs is 1. The van der Waals surface area contributed by atoms with Crippen LogP contribution in [0.4, 0.5) is 0 Å². The molecule has 1 N–H and O–H groups in total. The molecule has 1 aromatic rings. The first-order chi connectivity index (χ1) is 15.8. The molecule has 2 aliphatic carbocycles. The molecule has 7 heteroatoms. The number of ether oxygens (including phenoxy) is 5. The molecule has 1 heterocycles. The monoisotopic (exact) mass is 460 g/mol. The van der Waals surface area contributed by atoms with Gasteiger partial charge in [0.1, 0.15) is 12.4 Å². The Morgan fingerprint density at radius 1 is 1.24 bits per heavy atom. The van der Waals surface area contributed by atoms with E-state index in [2.05, 4.69) is 13.8 Å². The van der Waals surface area contributed by atoms with Gasteiger partial charge in [-0.25, -0.2) is 4.79 Å². The van der Waals surface area contributed by atoms with E-state index >= 15 is 0 Å². The van der Waals surface area contributed by atoms with Crippen molar-refractivity contribution in [2.45, 2.75) is 64.1 Å². The van der Waals surface area contributed by atoms with Gasteiger partial charge in [0.05, 0.1) is 31.3 Å². The Balaban J connectivity index is 1.68. The molecule has 0 bridgehead atoms. The lowest BCUT2D eigenvalue weighted by atomic mass is 9.49. The quantitative estimate of drug-likeness (QED) is 0.468. The Morgan fingerprint density at radius 3 is 2.73 bits per heavy atom. The number of aryl methyl sites for hydroxylation is 1. The summed E-state index contributed by atoms with van der Waals surface area (Å²) in [6.45, 7) is 9.44. The average molecular weight is 461 g/mol. The number of esters is 1. The molecule has 1 saturated carbocycles. The van der Waals surface area contributed by atoms with Gasteiger partial charge in [-0.15, -0.1) is 0 Å². The molecule has 4 rings (SSSR count). The Morgan fingerprint density at radius 2 is 2.00 bits per heavy atom. The van der Waals surface area contributed by atoms with Gasteiger partial charge in [-0.1, -0.05) is 19.9 Å². The van der Waals surface area contributed by atoms with Crippen LogP contribution in [0.15, 0.2) is 24.0 Å². The number of carbonyl (C=O) groups is 1. The zero-order chi connectivity index (χ0) is 23.8. The molecular weight excluding hydrogens is 424 g/mol. The molecule has 0 aromatic heterocycles. The highest BCUT2D eigenvalue weighted by molar-refractivity contribution is 5.72. The molecule has 5 atom stereocenters. The van der Waals surface area contributed by atoms with E-state index in [-0.39, 0.29) is 12.5 Å². The Hall–Kier alpha value is -2.09. The average Bonchev–Trinajstić information content (AvgIpc) is 3.16. The minimum atomic E-state index is -1.03. The summed E-state index contributed by atoms with van der Waals surface area (Å²) in [7, 11) is 1.61. The van der Waals surface area contributed by atoms with Crippen LogP contribution in [0.1, 0.15) is 51.2 Å². The second-order valence-corrected chi connectivity index (χ2v) is 9.52. The summed E-state index contributed by atoms with van der Waals surface area (Å²) in [4.78, 5) is 12.6. The van der Waals surface area contributed by atoms with Gasteiger partial charge >= 0.3 is 5.97 Å². The van der Waals surface area contributed by atoms with Crippen molar-refractivity contribution >= 4 is 5.97 Å². The van der Waals surface area contributed by atoms with Crippen LogP contribution in [0, 0.1) is 18.8 Å². The van der Waals surface area contributed by atoms with Crippen molar-refractivity contribution in [2.24, 2.45) is 11.8 Å². The van der Waals surface area contributed by atoms with Crippen LogP contribution in [0.2, 0.25) is 0 Å². The summed E-state index contributed by atoms with van der Waals surface area (Å²) >= 11 is 0. The molecule has 1 fully saturated rings. The SMILES string of the molecule is CCOCCOCC(=O)OC1=CC[C@@]2(O)[C@@H](C)C(C)CC[C@@]23c2c(C)ccc(OC)c2O[C@@H]13. The number of rotatable bonds is 8. The summed E-state index contributed by atoms with van der Waals surface area (Å²) in [5.41, 5.74) is 0.275. The zero-order valence-electron chi connectivity index (χ0n) is 20.3. The van der Waals surface area contributed by atoms with E-state index in [4.69, 9.17) is 23.7 Å². The van der Waals surface area contributed by atoms with Gasteiger partial charge in [0.2, 0.25) is 0 Å². The van der Waals surface area contributed by atoms with Crippen LogP contribution >= 0.6 is 0 Å². The molecule has 1 aromatic carbocycles. The van der Waals surface area contributed by atoms with Crippen LogP contribution in [0.3, 0.4) is 0 Å². The van der Waals surface area contributed by atoms with Crippen LogP contribution < -0.4 is 9.47 Å². The predicted octanol–water partition coefficient (Wildman–Crippen LogP) is 3.68. The van der Waals surface area contributed by atoms with E-state index in [1.54, 1.807) is 7.11 Å². The van der Waals surface area contributed by atoms with Crippen LogP contribution in [0.25, 0.3) is 0 Å². The fourth-order valence-corrected chi connectivity index (χ4v) is 6.05. The maximum Gasteiger partial charge on any atom is 0.337 e. The van der Waals surface area contributed by atoms with Crippen molar-refractivity contribution < 1.29 is 33.6 Å². The highest BCUT2D eigenvalue weighted by Crippen LogP contribution is 2.65. The van der Waals surface area contributed by atoms with Crippen LogP contribution in [-0.2, 0) is 24.4 Å². The largest absolute Gasteiger partial charge is 0.493 e. The third-order valence-corrected chi connectivity index (χ3v) is 7.95. The van der Waals surface area contributed by atoms with Crippen molar-refractivity contribution in [1.82, 2.24) is 0 Å². The van der Waals surface area contributed by atoms with Crippen molar-refractivity contribution in [3.05, 3.63) is 35.1 Å². The Kier molecular flexibility index (Phi) is 6.76. The minimum Gasteiger partial charge on any atom is -0.493 e. The van der Waals surface area contributed by atoms with Gasteiger partial charge < -0.3 is 28.8 Å². The van der Waals surface area contributed by atoms with E-state index in [1.165, 1.54) is 0 Å². The lowest BCUT2D eigenvalue weighted by Crippen LogP contribution is -2.66. The van der Waals surface area contributed by atoms with Crippen molar-refractivity contribution in [3.8, 4) is 11.5 Å². The zero-order valence-corrected chi connectivity index (χ0v) is 20.3. The number of carbonyl (C=O) groups excluding carboxylic acids is 1. The molecule has 0 radical (unpaired) electrons. The Bertz CT molecular complexity index is 925. The number of methoxy groups -OCH3 is 1. The Labute approximate surface area is 196 Å². The maximum absolute atomic E-state index is 12.6. The summed E-state index contributed by atoms with van der Waals surface area (Å²) in [5, 5.41) is 12.3. The first-order valence-electron chi connectivity index (χ1n) is 11.9. The molecule has 0 saturated heterocycles. The third kappa shape index (κ3) is 3.74. The van der Waals surface area contributed by atoms with Gasteiger partial charge in [-0.2, -0.15) is 0 Å². The first kappa shape index (κ1) is 24.0. The second-order valence-electron chi connectivity index (χ2n) is 9.52. The molecule has 1 aliphatic heterocycles. The number of hydrogen-bond donors (Lipinski definition) is 1. The van der Waals surface area contributed by atoms with E-state index < -0.39 is 23.1 Å². The fraction of sp³-hybridized carbons (Fsp3) is 0.654. The van der Waals surface area contributed by atoms with Gasteiger partial charge in [0.25, 0.3) is 0 Å². The maximum atomic E-state index is 12.6. The van der Waals surface area contributed by atoms with Crippen molar-refractivity contribution in [1.29, 1.82) is 0 Å². The number of hydrogen-bond acceptors (Lipinski definition) is 7. The van der Waals surface area contributed by atoms with E-state index in [0.717, 1.165) is 24.0 Å². The van der Waals surface area contributed by atoms with Crippen LogP contribution in [0.5, 0.6) is 11.5 Å². The van der Waals surface area contributed by atoms with Gasteiger partial charge in [-0.05, 0) is 62.7 Å². The smallest absolute Gasteiger partial charge is 0.337 e. The molecular formula is C26H36O7. The van der Waals surface area contributed by atoms with E-state index in [0.29, 0.717) is 49.4 Å². The van der Waals surface area contributed by atoms with Crippen LogP contribution in [-0.4, -0.2) is 56.3 Å². The predicted molar refractivity (Wildman–Crippen MR) is 122 cm³/mol. The molecule has 33 heavy (non-hydrogen) atoms. The summed E-state index contributed by atoms with van der Waals surface area (Å²) < 4.78 is 28.5. The van der Waals surface area contributed by atoms with E-state index in [9.17, 15) is 9.90 Å². The van der Waals surface area contributed by atoms with E-state index in [1.807, 2.05) is 32.1 Å². The van der Waals surface area contributed by atoms with Crippen molar-refractivity contribution in [3.63, 3.8) is 0 Å². The molecule has 1 unspecified atom stereocenters. The lowest BCUT2D eigenvalue weighted by Gasteiger charge is -2.57. The minimum absolute atomic E-state index is 0.0456. The third-order valence-electron chi connectivity index (χ3n) is 7.95. The second kappa shape index (κ2) is 9.28. The van der Waals surface area contributed by atoms with Gasteiger partial charge in [0.15, 0.2) is 17.6 Å². The highest BCUT2D eigenvalue weighted by atomic mass is 16.6. The summed E-state index contributed by atoms with van der Waals surface area (Å²) in [6.07, 6.45) is 3.29. The summed E-state index contributed by atoms with van der Waals surface area (Å²) in [6, 6.07) is 3.90. The molecule has 7 nitrogen and oxygen atoms in total. The van der Waals surface area contributed by atoms with Crippen molar-refractivity contribution in [2.75, 3.05) is 33.5 Å². The standard InChI is InChI=1S/C26H36O7/c1-6-30-13-14-31-15-21(27)32-20-10-12-26(28)18(4)16(2)9-11-25(26)22-17(3)7-8-19(29-5)23(22)33-24(20)25/h7-8,10,16,18,24,28H,6,9,11-15H2,1-5H3/t16?,18-,24-,25-,26+/m0/s1. The highest BCUT2D eigenvalue weighted by Gasteiger charge is 2.69.